The molecule has 1 aromatic heterocycles. The minimum atomic E-state index is -0.334. The standard InChI is InChI=1S/C16H17BrN2O2/c1-11(13-4-3-7-18-9-13)19-10-14-6-5-12(8-15(14)17)16(20)21-2/h3-9,11,19H,10H2,1-2H3/t11-/m0/s1. The van der Waals surface area contributed by atoms with E-state index in [-0.39, 0.29) is 12.0 Å². The number of methoxy groups -OCH3 is 1. The van der Waals surface area contributed by atoms with Crippen LogP contribution in [-0.4, -0.2) is 18.1 Å². The molecule has 1 N–H and O–H groups in total. The number of ether oxygens (including phenoxy) is 1. The molecule has 0 fully saturated rings. The van der Waals surface area contributed by atoms with Crippen LogP contribution < -0.4 is 5.32 Å². The van der Waals surface area contributed by atoms with E-state index in [2.05, 4.69) is 33.2 Å². The first-order chi connectivity index (χ1) is 10.1. The molecule has 5 heteroatoms. The number of nitrogens with one attached hydrogen (secondary N) is 1. The molecule has 4 nitrogen and oxygen atoms in total. The van der Waals surface area contributed by atoms with E-state index in [1.807, 2.05) is 24.4 Å². The molecule has 110 valence electrons. The zero-order valence-corrected chi connectivity index (χ0v) is 13.6. The molecule has 0 saturated heterocycles. The molecule has 0 aliphatic rings. The van der Waals surface area contributed by atoms with Gasteiger partial charge in [0.15, 0.2) is 0 Å². The summed E-state index contributed by atoms with van der Waals surface area (Å²) in [7, 11) is 1.38. The van der Waals surface area contributed by atoms with Gasteiger partial charge in [-0.2, -0.15) is 0 Å². The van der Waals surface area contributed by atoms with E-state index in [4.69, 9.17) is 4.74 Å². The van der Waals surface area contributed by atoms with E-state index in [1.54, 1.807) is 18.3 Å². The summed E-state index contributed by atoms with van der Waals surface area (Å²) in [6.07, 6.45) is 3.62. The largest absolute Gasteiger partial charge is 0.465 e. The topological polar surface area (TPSA) is 51.2 Å². The van der Waals surface area contributed by atoms with Crippen LogP contribution in [0.25, 0.3) is 0 Å². The fourth-order valence-electron chi connectivity index (χ4n) is 1.95. The van der Waals surface area contributed by atoms with Gasteiger partial charge >= 0.3 is 5.97 Å². The third kappa shape index (κ3) is 4.12. The maximum absolute atomic E-state index is 11.5. The van der Waals surface area contributed by atoms with Crippen LogP contribution in [0.1, 0.15) is 34.5 Å². The van der Waals surface area contributed by atoms with Crippen molar-refractivity contribution in [2.75, 3.05) is 7.11 Å². The molecule has 0 radical (unpaired) electrons. The summed E-state index contributed by atoms with van der Waals surface area (Å²) in [5.41, 5.74) is 2.76. The van der Waals surface area contributed by atoms with Gasteiger partial charge in [0.25, 0.3) is 0 Å². The molecule has 1 aromatic carbocycles. The van der Waals surface area contributed by atoms with Gasteiger partial charge in [-0.25, -0.2) is 4.79 Å². The van der Waals surface area contributed by atoms with Crippen LogP contribution in [0, 0.1) is 0 Å². The Hall–Kier alpha value is -1.72. The van der Waals surface area contributed by atoms with Gasteiger partial charge in [-0.15, -0.1) is 0 Å². The zero-order valence-electron chi connectivity index (χ0n) is 12.0. The molecule has 1 atom stereocenters. The molecule has 0 bridgehead atoms. The normalized spacial score (nSPS) is 12.0. The zero-order chi connectivity index (χ0) is 15.2. The van der Waals surface area contributed by atoms with Crippen LogP contribution >= 0.6 is 15.9 Å². The van der Waals surface area contributed by atoms with E-state index < -0.39 is 0 Å². The van der Waals surface area contributed by atoms with Crippen LogP contribution in [0.3, 0.4) is 0 Å². The quantitative estimate of drug-likeness (QED) is 0.840. The molecular weight excluding hydrogens is 332 g/mol. The van der Waals surface area contributed by atoms with E-state index in [0.29, 0.717) is 12.1 Å². The predicted molar refractivity (Wildman–Crippen MR) is 85.0 cm³/mol. The number of hydrogen-bond acceptors (Lipinski definition) is 4. The number of halogens is 1. The molecule has 0 aliphatic carbocycles. The number of nitrogens with zero attached hydrogens (tertiary/aromatic N) is 1. The van der Waals surface area contributed by atoms with Crippen molar-refractivity contribution in [1.82, 2.24) is 10.3 Å². The average molecular weight is 349 g/mol. The van der Waals surface area contributed by atoms with Crippen molar-refractivity contribution in [3.63, 3.8) is 0 Å². The second kappa shape index (κ2) is 7.33. The Balaban J connectivity index is 2.02. The van der Waals surface area contributed by atoms with Crippen molar-refractivity contribution >= 4 is 21.9 Å². The van der Waals surface area contributed by atoms with Crippen LogP contribution in [-0.2, 0) is 11.3 Å². The lowest BCUT2D eigenvalue weighted by atomic mass is 10.1. The summed E-state index contributed by atoms with van der Waals surface area (Å²) in [5, 5.41) is 3.43. The first-order valence-electron chi connectivity index (χ1n) is 6.62. The summed E-state index contributed by atoms with van der Waals surface area (Å²) in [6.45, 7) is 2.78. The van der Waals surface area contributed by atoms with Gasteiger partial charge in [0.05, 0.1) is 12.7 Å². The summed E-state index contributed by atoms with van der Waals surface area (Å²) >= 11 is 3.49. The van der Waals surface area contributed by atoms with E-state index in [0.717, 1.165) is 15.6 Å². The third-order valence-corrected chi connectivity index (χ3v) is 4.00. The van der Waals surface area contributed by atoms with Crippen LogP contribution in [0.5, 0.6) is 0 Å². The van der Waals surface area contributed by atoms with Crippen molar-refractivity contribution in [2.24, 2.45) is 0 Å². The maximum Gasteiger partial charge on any atom is 0.337 e. The molecule has 21 heavy (non-hydrogen) atoms. The number of aromatic nitrogens is 1. The predicted octanol–water partition coefficient (Wildman–Crippen LogP) is 3.48. The summed E-state index contributed by atoms with van der Waals surface area (Å²) in [4.78, 5) is 15.6. The number of carbonyl (C=O) groups excluding carboxylic acids is 1. The number of rotatable bonds is 5. The Morgan fingerprint density at radius 2 is 2.24 bits per heavy atom. The van der Waals surface area contributed by atoms with Gasteiger partial charge in [-0.1, -0.05) is 28.1 Å². The lowest BCUT2D eigenvalue weighted by Crippen LogP contribution is -2.18. The first kappa shape index (κ1) is 15.7. The molecule has 2 rings (SSSR count). The fourth-order valence-corrected chi connectivity index (χ4v) is 2.47. The van der Waals surface area contributed by atoms with Crippen LogP contribution in [0.2, 0.25) is 0 Å². The third-order valence-electron chi connectivity index (χ3n) is 3.26. The molecule has 2 aromatic rings. The Labute approximate surface area is 132 Å². The monoisotopic (exact) mass is 348 g/mol. The highest BCUT2D eigenvalue weighted by atomic mass is 79.9. The maximum atomic E-state index is 11.5. The molecule has 0 saturated carbocycles. The van der Waals surface area contributed by atoms with Gasteiger partial charge in [0.2, 0.25) is 0 Å². The van der Waals surface area contributed by atoms with Gasteiger partial charge in [-0.3, -0.25) is 4.98 Å². The Bertz CT molecular complexity index is 617. The summed E-state index contributed by atoms with van der Waals surface area (Å²) in [6, 6.07) is 9.62. The van der Waals surface area contributed by atoms with Crippen LogP contribution in [0.4, 0.5) is 0 Å². The highest BCUT2D eigenvalue weighted by molar-refractivity contribution is 9.10. The fraction of sp³-hybridized carbons (Fsp3) is 0.250. The summed E-state index contributed by atoms with van der Waals surface area (Å²) < 4.78 is 5.59. The van der Waals surface area contributed by atoms with Crippen molar-refractivity contribution in [3.05, 3.63) is 63.9 Å². The molecular formula is C16H17BrN2O2. The van der Waals surface area contributed by atoms with Gasteiger partial charge < -0.3 is 10.1 Å². The Morgan fingerprint density at radius 3 is 2.86 bits per heavy atom. The van der Waals surface area contributed by atoms with Crippen molar-refractivity contribution in [1.29, 1.82) is 0 Å². The Kier molecular flexibility index (Phi) is 5.47. The second-order valence-corrected chi connectivity index (χ2v) is 5.54. The number of benzene rings is 1. The summed E-state index contributed by atoms with van der Waals surface area (Å²) in [5.74, 6) is -0.334. The smallest absolute Gasteiger partial charge is 0.337 e. The first-order valence-corrected chi connectivity index (χ1v) is 7.41. The number of pyridine rings is 1. The van der Waals surface area contributed by atoms with E-state index >= 15 is 0 Å². The highest BCUT2D eigenvalue weighted by Gasteiger charge is 2.10. The van der Waals surface area contributed by atoms with Crippen molar-refractivity contribution in [2.45, 2.75) is 19.5 Å². The minimum Gasteiger partial charge on any atom is -0.465 e. The SMILES string of the molecule is COC(=O)c1ccc(CN[C@@H](C)c2cccnc2)c(Br)c1. The molecule has 1 heterocycles. The average Bonchev–Trinajstić information content (AvgIpc) is 2.53. The highest BCUT2D eigenvalue weighted by Crippen LogP contribution is 2.20. The van der Waals surface area contributed by atoms with Gasteiger partial charge in [0.1, 0.15) is 0 Å². The number of carbonyl (C=O) groups is 1. The van der Waals surface area contributed by atoms with E-state index in [9.17, 15) is 4.79 Å². The lowest BCUT2D eigenvalue weighted by Gasteiger charge is -2.15. The minimum absolute atomic E-state index is 0.200. The molecule has 0 unspecified atom stereocenters. The van der Waals surface area contributed by atoms with E-state index in [1.165, 1.54) is 7.11 Å². The number of esters is 1. The molecule has 0 amide bonds. The Morgan fingerprint density at radius 1 is 1.43 bits per heavy atom. The molecule has 0 aliphatic heterocycles. The lowest BCUT2D eigenvalue weighted by molar-refractivity contribution is 0.0600. The van der Waals surface area contributed by atoms with Crippen molar-refractivity contribution in [3.8, 4) is 0 Å². The van der Waals surface area contributed by atoms with Gasteiger partial charge in [-0.05, 0) is 36.2 Å². The van der Waals surface area contributed by atoms with Gasteiger partial charge in [0, 0.05) is 29.5 Å². The number of hydrogen-bond donors (Lipinski definition) is 1. The van der Waals surface area contributed by atoms with Crippen molar-refractivity contribution < 1.29 is 9.53 Å². The van der Waals surface area contributed by atoms with Crippen LogP contribution in [0.15, 0.2) is 47.2 Å². The second-order valence-electron chi connectivity index (χ2n) is 4.69. The molecule has 0 spiro atoms.